The van der Waals surface area contributed by atoms with Gasteiger partial charge >= 0.3 is 0 Å². The molecule has 0 saturated carbocycles. The lowest BCUT2D eigenvalue weighted by molar-refractivity contribution is 1.30. The summed E-state index contributed by atoms with van der Waals surface area (Å²) in [5.74, 6) is 0. The summed E-state index contributed by atoms with van der Waals surface area (Å²) >= 11 is 0. The Hall–Kier alpha value is -2.49. The lowest BCUT2D eigenvalue weighted by Gasteiger charge is -2.02. The maximum atomic E-state index is 4.42. The first-order chi connectivity index (χ1) is 8.43. The minimum Gasteiger partial charge on any atom is -0.358 e. The van der Waals surface area contributed by atoms with Crippen LogP contribution in [0.3, 0.4) is 0 Å². The van der Waals surface area contributed by atoms with Crippen LogP contribution >= 0.6 is 0 Å². The highest BCUT2D eigenvalue weighted by Crippen LogP contribution is 2.27. The van der Waals surface area contributed by atoms with Gasteiger partial charge in [-0.3, -0.25) is 4.98 Å². The topological polar surface area (TPSA) is 54.5 Å². The molecule has 2 heterocycles. The average Bonchev–Trinajstić information content (AvgIpc) is 2.86. The molecular formula is C13H8N4. The third-order valence-electron chi connectivity index (χ3n) is 3.02. The van der Waals surface area contributed by atoms with E-state index in [4.69, 9.17) is 0 Å². The molecule has 2 aromatic carbocycles. The summed E-state index contributed by atoms with van der Waals surface area (Å²) in [4.78, 5) is 16.1. The standard InChI is InChI=1S/C13H8N4/c1-3-10-12(15-6-5-14-10)8-2-4-11-13(9(1)8)17-7-16-11/h1-7,14H. The van der Waals surface area contributed by atoms with Gasteiger partial charge in [-0.15, -0.1) is 0 Å². The van der Waals surface area contributed by atoms with Crippen LogP contribution in [0, 0.1) is 0 Å². The predicted octanol–water partition coefficient (Wildman–Crippen LogP) is 2.66. The molecule has 4 rings (SSSR count). The van der Waals surface area contributed by atoms with E-state index < -0.39 is 0 Å². The second-order valence-electron chi connectivity index (χ2n) is 3.95. The molecule has 0 amide bonds. The highest BCUT2D eigenvalue weighted by atomic mass is 14.9. The Kier molecular flexibility index (Phi) is 1.53. The zero-order chi connectivity index (χ0) is 11.2. The van der Waals surface area contributed by atoms with Gasteiger partial charge in [0.25, 0.3) is 0 Å². The van der Waals surface area contributed by atoms with Crippen molar-refractivity contribution < 1.29 is 0 Å². The summed E-state index contributed by atoms with van der Waals surface area (Å²) in [6, 6.07) is 8.12. The predicted molar refractivity (Wildman–Crippen MR) is 66.7 cm³/mol. The number of fused-ring (bicyclic) bond motifs is 5. The number of hydrogen-bond acceptors (Lipinski definition) is 3. The van der Waals surface area contributed by atoms with Crippen molar-refractivity contribution in [2.24, 2.45) is 0 Å². The quantitative estimate of drug-likeness (QED) is 0.463. The van der Waals surface area contributed by atoms with Crippen molar-refractivity contribution in [3.8, 4) is 0 Å². The molecule has 0 bridgehead atoms. The normalized spacial score (nSPS) is 11.5. The molecule has 2 aromatic heterocycles. The maximum absolute atomic E-state index is 4.42. The van der Waals surface area contributed by atoms with Gasteiger partial charge in [0, 0.05) is 23.2 Å². The molecule has 0 spiro atoms. The Bertz CT molecular complexity index is 848. The van der Waals surface area contributed by atoms with Gasteiger partial charge in [-0.25, -0.2) is 9.97 Å². The molecular weight excluding hydrogens is 212 g/mol. The third-order valence-corrected chi connectivity index (χ3v) is 3.02. The van der Waals surface area contributed by atoms with E-state index in [1.165, 1.54) is 0 Å². The van der Waals surface area contributed by atoms with Gasteiger partial charge in [0.15, 0.2) is 0 Å². The summed E-state index contributed by atoms with van der Waals surface area (Å²) in [5, 5.41) is 2.20. The monoisotopic (exact) mass is 220 g/mol. The van der Waals surface area contributed by atoms with Gasteiger partial charge in [0.05, 0.1) is 22.1 Å². The van der Waals surface area contributed by atoms with Crippen molar-refractivity contribution in [1.29, 1.82) is 0 Å². The Morgan fingerprint density at radius 3 is 2.71 bits per heavy atom. The minimum absolute atomic E-state index is 0.928. The second kappa shape index (κ2) is 3.01. The largest absolute Gasteiger partial charge is 0.358 e. The van der Waals surface area contributed by atoms with Crippen LogP contribution in [0.4, 0.5) is 0 Å². The third kappa shape index (κ3) is 1.09. The smallest absolute Gasteiger partial charge is 0.116 e. The Labute approximate surface area is 96.3 Å². The molecule has 0 aliphatic rings. The molecule has 0 aliphatic carbocycles. The minimum atomic E-state index is 0.928. The second-order valence-corrected chi connectivity index (χ2v) is 3.95. The molecule has 0 atom stereocenters. The van der Waals surface area contributed by atoms with Gasteiger partial charge in [-0.1, -0.05) is 0 Å². The van der Waals surface area contributed by atoms with E-state index in [1.54, 1.807) is 12.5 Å². The van der Waals surface area contributed by atoms with E-state index in [2.05, 4.69) is 32.1 Å². The van der Waals surface area contributed by atoms with Gasteiger partial charge in [0.2, 0.25) is 0 Å². The molecule has 0 saturated heterocycles. The summed E-state index contributed by atoms with van der Waals surface area (Å²) in [6.45, 7) is 0. The van der Waals surface area contributed by atoms with Crippen LogP contribution in [-0.4, -0.2) is 19.9 Å². The summed E-state index contributed by atoms with van der Waals surface area (Å²) in [6.07, 6.45) is 5.19. The molecule has 0 fully saturated rings. The first-order valence-corrected chi connectivity index (χ1v) is 5.39. The van der Waals surface area contributed by atoms with E-state index >= 15 is 0 Å². The van der Waals surface area contributed by atoms with Crippen LogP contribution in [0.15, 0.2) is 43.0 Å². The number of hydrogen-bond donors (Lipinski definition) is 1. The highest BCUT2D eigenvalue weighted by molar-refractivity contribution is 6.13. The van der Waals surface area contributed by atoms with Crippen LogP contribution in [-0.2, 0) is 0 Å². The Balaban J connectivity index is 2.34. The molecule has 0 radical (unpaired) electrons. The zero-order valence-corrected chi connectivity index (χ0v) is 8.88. The first kappa shape index (κ1) is 8.64. The first-order valence-electron chi connectivity index (χ1n) is 5.39. The van der Waals surface area contributed by atoms with E-state index in [0.717, 1.165) is 32.8 Å². The number of H-pyrrole nitrogens is 1. The maximum Gasteiger partial charge on any atom is 0.116 e. The van der Waals surface area contributed by atoms with Crippen LogP contribution in [0.5, 0.6) is 0 Å². The van der Waals surface area contributed by atoms with Gasteiger partial charge < -0.3 is 4.98 Å². The summed E-state index contributed by atoms with van der Waals surface area (Å²) in [7, 11) is 0. The average molecular weight is 220 g/mol. The van der Waals surface area contributed by atoms with Crippen molar-refractivity contribution >= 4 is 32.8 Å². The fourth-order valence-corrected chi connectivity index (χ4v) is 2.25. The molecule has 4 heteroatoms. The number of imidazole rings is 1. The number of rotatable bonds is 0. The van der Waals surface area contributed by atoms with Crippen molar-refractivity contribution in [2.75, 3.05) is 0 Å². The molecule has 80 valence electrons. The number of nitrogens with zero attached hydrogens (tertiary/aromatic N) is 3. The molecule has 0 unspecified atom stereocenters. The van der Waals surface area contributed by atoms with Crippen LogP contribution in [0.2, 0.25) is 0 Å². The van der Waals surface area contributed by atoms with E-state index in [9.17, 15) is 0 Å². The Morgan fingerprint density at radius 2 is 1.71 bits per heavy atom. The fraction of sp³-hybridized carbons (Fsp3) is 0. The van der Waals surface area contributed by atoms with Gasteiger partial charge in [-0.2, -0.15) is 0 Å². The van der Waals surface area contributed by atoms with Crippen molar-refractivity contribution in [2.45, 2.75) is 0 Å². The summed E-state index contributed by atoms with van der Waals surface area (Å²) < 4.78 is 0. The van der Waals surface area contributed by atoms with E-state index in [-0.39, 0.29) is 0 Å². The lowest BCUT2D eigenvalue weighted by atomic mass is 10.1. The SMILES string of the molecule is c1nc2ccc3c(ccc4[nH]ccnc43)c2n1. The lowest BCUT2D eigenvalue weighted by Crippen LogP contribution is -1.85. The van der Waals surface area contributed by atoms with Crippen molar-refractivity contribution in [3.05, 3.63) is 43.0 Å². The molecule has 1 N–H and O–H groups in total. The zero-order valence-electron chi connectivity index (χ0n) is 8.88. The number of nitrogens with one attached hydrogen (secondary N) is 1. The van der Waals surface area contributed by atoms with Gasteiger partial charge in [-0.05, 0) is 24.3 Å². The van der Waals surface area contributed by atoms with Crippen molar-refractivity contribution in [3.63, 3.8) is 0 Å². The van der Waals surface area contributed by atoms with E-state index in [1.807, 2.05) is 18.3 Å². The van der Waals surface area contributed by atoms with E-state index in [0.29, 0.717) is 0 Å². The highest BCUT2D eigenvalue weighted by Gasteiger charge is 2.06. The number of aromatic amines is 1. The molecule has 17 heavy (non-hydrogen) atoms. The molecule has 4 nitrogen and oxygen atoms in total. The Morgan fingerprint density at radius 1 is 0.824 bits per heavy atom. The van der Waals surface area contributed by atoms with Crippen LogP contribution in [0.1, 0.15) is 0 Å². The molecule has 4 aromatic rings. The molecule has 0 aliphatic heterocycles. The van der Waals surface area contributed by atoms with Crippen LogP contribution < -0.4 is 0 Å². The fourth-order valence-electron chi connectivity index (χ4n) is 2.25. The number of aromatic nitrogens is 4. The van der Waals surface area contributed by atoms with Gasteiger partial charge in [0.1, 0.15) is 6.33 Å². The number of benzene rings is 2. The van der Waals surface area contributed by atoms with Crippen molar-refractivity contribution in [1.82, 2.24) is 19.9 Å². The van der Waals surface area contributed by atoms with Crippen LogP contribution in [0.25, 0.3) is 32.8 Å². The summed E-state index contributed by atoms with van der Waals surface area (Å²) in [5.41, 5.74) is 3.86.